The molecule has 2 aromatic heterocycles. The van der Waals surface area contributed by atoms with Crippen LogP contribution in [0.2, 0.25) is 0 Å². The van der Waals surface area contributed by atoms with Gasteiger partial charge in [0.2, 0.25) is 0 Å². The zero-order valence-corrected chi connectivity index (χ0v) is 13.6. The lowest BCUT2D eigenvalue weighted by Gasteiger charge is -2.06. The molecule has 0 N–H and O–H groups in total. The molecule has 3 nitrogen and oxygen atoms in total. The number of rotatable bonds is 2. The minimum atomic E-state index is -0.190. The maximum absolute atomic E-state index is 14.3. The molecule has 5 heteroatoms. The molecule has 0 saturated carbocycles. The van der Waals surface area contributed by atoms with Crippen molar-refractivity contribution in [2.24, 2.45) is 0 Å². The van der Waals surface area contributed by atoms with Crippen molar-refractivity contribution in [1.82, 2.24) is 15.0 Å². The van der Waals surface area contributed by atoms with Gasteiger partial charge in [0.15, 0.2) is 0 Å². The van der Waals surface area contributed by atoms with Gasteiger partial charge in [-0.2, -0.15) is 0 Å². The van der Waals surface area contributed by atoms with Crippen molar-refractivity contribution in [3.8, 4) is 5.69 Å². The van der Waals surface area contributed by atoms with Gasteiger partial charge in [0.25, 0.3) is 0 Å². The number of aromatic nitrogens is 3. The van der Waals surface area contributed by atoms with Crippen LogP contribution in [0.3, 0.4) is 0 Å². The van der Waals surface area contributed by atoms with E-state index in [-0.39, 0.29) is 5.83 Å². The van der Waals surface area contributed by atoms with E-state index in [2.05, 4.69) is 10.3 Å². The molecule has 0 aliphatic heterocycles. The molecule has 0 radical (unpaired) electrons. The second-order valence-electron chi connectivity index (χ2n) is 5.38. The topological polar surface area (TPSA) is 30.7 Å². The first-order valence-corrected chi connectivity index (χ1v) is 8.22. The Balaban J connectivity index is 2.03. The maximum atomic E-state index is 14.3. The quantitative estimate of drug-likeness (QED) is 0.503. The smallest absolute Gasteiger partial charge is 0.127 e. The number of hydrogen-bond acceptors (Lipinski definition) is 3. The number of halogens is 1. The third-order valence-electron chi connectivity index (χ3n) is 4.00. The van der Waals surface area contributed by atoms with Gasteiger partial charge in [-0.1, -0.05) is 35.6 Å². The van der Waals surface area contributed by atoms with E-state index in [1.165, 1.54) is 17.4 Å². The van der Waals surface area contributed by atoms with Gasteiger partial charge in [-0.15, -0.1) is 16.4 Å². The first-order chi connectivity index (χ1) is 11.2. The Morgan fingerprint density at radius 2 is 2.04 bits per heavy atom. The van der Waals surface area contributed by atoms with Gasteiger partial charge in [0.1, 0.15) is 11.3 Å². The molecule has 4 aromatic rings. The minimum absolute atomic E-state index is 0.190. The summed E-state index contributed by atoms with van der Waals surface area (Å²) in [7, 11) is 0. The van der Waals surface area contributed by atoms with E-state index in [0.717, 1.165) is 32.4 Å². The van der Waals surface area contributed by atoms with Crippen LogP contribution < -0.4 is 0 Å². The van der Waals surface area contributed by atoms with Crippen LogP contribution in [-0.4, -0.2) is 15.0 Å². The highest BCUT2D eigenvalue weighted by molar-refractivity contribution is 7.18. The minimum Gasteiger partial charge on any atom is -0.211 e. The Hall–Kier alpha value is -2.53. The summed E-state index contributed by atoms with van der Waals surface area (Å²) in [4.78, 5) is 0. The summed E-state index contributed by atoms with van der Waals surface area (Å²) in [6.07, 6.45) is 1.51. The first-order valence-electron chi connectivity index (χ1n) is 7.34. The van der Waals surface area contributed by atoms with Crippen molar-refractivity contribution >= 4 is 38.3 Å². The largest absolute Gasteiger partial charge is 0.211 e. The summed E-state index contributed by atoms with van der Waals surface area (Å²) in [5, 5.41) is 11.5. The van der Waals surface area contributed by atoms with Gasteiger partial charge in [-0.05, 0) is 31.5 Å². The third kappa shape index (κ3) is 2.08. The van der Waals surface area contributed by atoms with Crippen molar-refractivity contribution < 1.29 is 4.39 Å². The van der Waals surface area contributed by atoms with E-state index in [4.69, 9.17) is 0 Å². The van der Waals surface area contributed by atoms with Crippen LogP contribution in [0.15, 0.2) is 47.9 Å². The predicted molar refractivity (Wildman–Crippen MR) is 93.7 cm³/mol. The molecule has 0 aliphatic rings. The van der Waals surface area contributed by atoms with E-state index in [0.29, 0.717) is 5.56 Å². The summed E-state index contributed by atoms with van der Waals surface area (Å²) >= 11 is 1.54. The lowest BCUT2D eigenvalue weighted by atomic mass is 10.0. The van der Waals surface area contributed by atoms with Gasteiger partial charge in [0.05, 0.1) is 11.2 Å². The van der Waals surface area contributed by atoms with Crippen LogP contribution in [0.1, 0.15) is 18.1 Å². The molecule has 0 saturated heterocycles. The van der Waals surface area contributed by atoms with Crippen LogP contribution in [0.5, 0.6) is 0 Å². The number of hydrogen-bond donors (Lipinski definition) is 0. The fourth-order valence-corrected chi connectivity index (χ4v) is 3.97. The zero-order chi connectivity index (χ0) is 16.0. The second-order valence-corrected chi connectivity index (χ2v) is 6.26. The van der Waals surface area contributed by atoms with Crippen molar-refractivity contribution in [3.63, 3.8) is 0 Å². The number of thiophene rings is 1. The van der Waals surface area contributed by atoms with Gasteiger partial charge in [-0.3, -0.25) is 0 Å². The molecule has 2 heterocycles. The lowest BCUT2D eigenvalue weighted by molar-refractivity contribution is 0.759. The molecule has 0 aliphatic carbocycles. The van der Waals surface area contributed by atoms with E-state index >= 15 is 0 Å². The standard InChI is InChI=1S/C18H14FN3S/c1-3-13(19)17-11(2)8-9-12-16(10-23-18(12)17)22-15-7-5-4-6-14(15)20-21-22/h3-10H,1-2H3/b13-3-. The molecule has 0 amide bonds. The Morgan fingerprint density at radius 3 is 2.87 bits per heavy atom. The van der Waals surface area contributed by atoms with E-state index in [1.807, 2.05) is 53.4 Å². The number of para-hydroxylation sites is 1. The number of fused-ring (bicyclic) bond motifs is 2. The highest BCUT2D eigenvalue weighted by Crippen LogP contribution is 2.37. The fraction of sp³-hybridized carbons (Fsp3) is 0.111. The Bertz CT molecular complexity index is 1060. The van der Waals surface area contributed by atoms with Gasteiger partial charge >= 0.3 is 0 Å². The van der Waals surface area contributed by atoms with Gasteiger partial charge in [0, 0.05) is 21.0 Å². The molecule has 0 atom stereocenters. The summed E-state index contributed by atoms with van der Waals surface area (Å²) in [6.45, 7) is 3.65. The summed E-state index contributed by atoms with van der Waals surface area (Å²) in [6, 6.07) is 11.8. The second kappa shape index (κ2) is 5.28. The summed E-state index contributed by atoms with van der Waals surface area (Å²) < 4.78 is 17.1. The van der Waals surface area contributed by atoms with Crippen LogP contribution in [0.4, 0.5) is 4.39 Å². The highest BCUT2D eigenvalue weighted by atomic mass is 32.1. The molecule has 0 spiro atoms. The van der Waals surface area contributed by atoms with E-state index < -0.39 is 0 Å². The van der Waals surface area contributed by atoms with Crippen molar-refractivity contribution in [2.75, 3.05) is 0 Å². The average molecular weight is 323 g/mol. The molecule has 2 aromatic carbocycles. The van der Waals surface area contributed by atoms with Crippen molar-refractivity contribution in [3.05, 3.63) is 59.0 Å². The van der Waals surface area contributed by atoms with Crippen molar-refractivity contribution in [2.45, 2.75) is 13.8 Å². The van der Waals surface area contributed by atoms with Gasteiger partial charge < -0.3 is 0 Å². The van der Waals surface area contributed by atoms with Crippen LogP contribution >= 0.6 is 11.3 Å². The van der Waals surface area contributed by atoms with Crippen molar-refractivity contribution in [1.29, 1.82) is 0 Å². The number of aryl methyl sites for hydroxylation is 1. The molecular weight excluding hydrogens is 309 g/mol. The summed E-state index contributed by atoms with van der Waals surface area (Å²) in [5.41, 5.74) is 4.33. The van der Waals surface area contributed by atoms with E-state index in [9.17, 15) is 4.39 Å². The lowest BCUT2D eigenvalue weighted by Crippen LogP contribution is -1.95. The fourth-order valence-electron chi connectivity index (χ4n) is 2.84. The number of benzene rings is 2. The van der Waals surface area contributed by atoms with Crippen LogP contribution in [-0.2, 0) is 0 Å². The maximum Gasteiger partial charge on any atom is 0.127 e. The molecular formula is C18H14FN3S. The molecule has 0 bridgehead atoms. The molecule has 23 heavy (non-hydrogen) atoms. The first kappa shape index (κ1) is 14.1. The van der Waals surface area contributed by atoms with Crippen LogP contribution in [0, 0.1) is 6.92 Å². The van der Waals surface area contributed by atoms with E-state index in [1.54, 1.807) is 6.92 Å². The monoisotopic (exact) mass is 323 g/mol. The Morgan fingerprint density at radius 1 is 1.22 bits per heavy atom. The zero-order valence-electron chi connectivity index (χ0n) is 12.7. The highest BCUT2D eigenvalue weighted by Gasteiger charge is 2.16. The number of nitrogens with zero attached hydrogens (tertiary/aromatic N) is 3. The third-order valence-corrected chi connectivity index (χ3v) is 5.00. The normalized spacial score (nSPS) is 12.4. The van der Waals surface area contributed by atoms with Gasteiger partial charge in [-0.25, -0.2) is 9.07 Å². The number of allylic oxidation sites excluding steroid dienone is 1. The Labute approximate surface area is 136 Å². The predicted octanol–water partition coefficient (Wildman–Crippen LogP) is 5.27. The average Bonchev–Trinajstić information content (AvgIpc) is 3.17. The molecule has 4 rings (SSSR count). The molecule has 114 valence electrons. The van der Waals surface area contributed by atoms with Crippen LogP contribution in [0.25, 0.3) is 32.6 Å². The SMILES string of the molecule is C/C=C(\F)c1c(C)ccc2c(-n3nnc4ccccc43)csc12. The Kier molecular flexibility index (Phi) is 3.23. The molecule has 0 fully saturated rings. The molecule has 0 unspecified atom stereocenters. The summed E-state index contributed by atoms with van der Waals surface area (Å²) in [5.74, 6) is -0.190.